The summed E-state index contributed by atoms with van der Waals surface area (Å²) in [5, 5.41) is 3.35. The molecule has 1 aliphatic heterocycles. The van der Waals surface area contributed by atoms with Crippen LogP contribution in [-0.2, 0) is 4.79 Å². The van der Waals surface area contributed by atoms with Gasteiger partial charge in [-0.25, -0.2) is 4.99 Å². The van der Waals surface area contributed by atoms with E-state index in [1.807, 2.05) is 54.6 Å². The molecule has 6 heteroatoms. The average Bonchev–Trinajstić information content (AvgIpc) is 2.95. The van der Waals surface area contributed by atoms with Gasteiger partial charge >= 0.3 is 0 Å². The number of nitrogens with zero attached hydrogens (tertiary/aromatic N) is 1. The molecule has 3 rings (SSSR count). The van der Waals surface area contributed by atoms with Crippen LogP contribution in [0, 0.1) is 0 Å². The highest BCUT2D eigenvalue weighted by atomic mass is 79.9. The minimum atomic E-state index is -0.167. The number of carbonyl (C=O) groups is 1. The second kappa shape index (κ2) is 8.18. The predicted molar refractivity (Wildman–Crippen MR) is 107 cm³/mol. The maximum absolute atomic E-state index is 12.2. The van der Waals surface area contributed by atoms with Crippen molar-refractivity contribution in [1.29, 1.82) is 0 Å². The fourth-order valence-electron chi connectivity index (χ4n) is 2.13. The normalized spacial score (nSPS) is 16.9. The van der Waals surface area contributed by atoms with E-state index in [4.69, 9.17) is 4.74 Å². The molecule has 4 nitrogen and oxygen atoms in total. The number of amides is 1. The second-order valence-corrected chi connectivity index (χ2v) is 7.04. The van der Waals surface area contributed by atoms with Crippen LogP contribution >= 0.6 is 27.7 Å². The Morgan fingerprint density at radius 3 is 2.72 bits per heavy atom. The van der Waals surface area contributed by atoms with Crippen LogP contribution < -0.4 is 10.1 Å². The Kier molecular flexibility index (Phi) is 5.73. The lowest BCUT2D eigenvalue weighted by Crippen LogP contribution is -2.19. The van der Waals surface area contributed by atoms with E-state index in [1.165, 1.54) is 11.8 Å². The fourth-order valence-corrected chi connectivity index (χ4v) is 3.23. The van der Waals surface area contributed by atoms with Crippen molar-refractivity contribution in [3.05, 3.63) is 76.1 Å². The molecule has 0 aromatic heterocycles. The van der Waals surface area contributed by atoms with Gasteiger partial charge < -0.3 is 10.1 Å². The van der Waals surface area contributed by atoms with E-state index >= 15 is 0 Å². The van der Waals surface area contributed by atoms with Gasteiger partial charge in [0.15, 0.2) is 5.17 Å². The molecule has 1 amide bonds. The first-order valence-corrected chi connectivity index (χ1v) is 9.14. The number of halogens is 1. The lowest BCUT2D eigenvalue weighted by molar-refractivity contribution is -0.115. The van der Waals surface area contributed by atoms with Crippen LogP contribution in [0.2, 0.25) is 0 Å². The van der Waals surface area contributed by atoms with E-state index in [9.17, 15) is 4.79 Å². The van der Waals surface area contributed by atoms with Gasteiger partial charge in [0.1, 0.15) is 12.4 Å². The fraction of sp³-hybridized carbons (Fsp3) is 0.0526. The van der Waals surface area contributed by atoms with Gasteiger partial charge in [-0.3, -0.25) is 4.79 Å². The molecule has 0 unspecified atom stereocenters. The smallest absolute Gasteiger partial charge is 0.264 e. The minimum Gasteiger partial charge on any atom is -0.489 e. The summed E-state index contributed by atoms with van der Waals surface area (Å²) < 4.78 is 6.61. The number of ether oxygens (including phenoxy) is 1. The topological polar surface area (TPSA) is 50.7 Å². The van der Waals surface area contributed by atoms with Gasteiger partial charge in [-0.2, -0.15) is 0 Å². The van der Waals surface area contributed by atoms with Crippen molar-refractivity contribution in [3.63, 3.8) is 0 Å². The summed E-state index contributed by atoms with van der Waals surface area (Å²) in [5.74, 6) is 0.543. The van der Waals surface area contributed by atoms with Crippen molar-refractivity contribution in [3.8, 4) is 5.75 Å². The first kappa shape index (κ1) is 17.5. The molecule has 2 aromatic rings. The van der Waals surface area contributed by atoms with Crippen molar-refractivity contribution in [2.75, 3.05) is 6.61 Å². The van der Waals surface area contributed by atoms with Crippen LogP contribution in [0.3, 0.4) is 0 Å². The number of benzene rings is 2. The molecule has 2 aromatic carbocycles. The van der Waals surface area contributed by atoms with Gasteiger partial charge in [-0.05, 0) is 48.2 Å². The molecular formula is C19H15BrN2O2S. The largest absolute Gasteiger partial charge is 0.489 e. The zero-order chi connectivity index (χ0) is 17.6. The van der Waals surface area contributed by atoms with Gasteiger partial charge in [0.2, 0.25) is 0 Å². The van der Waals surface area contributed by atoms with Crippen molar-refractivity contribution in [1.82, 2.24) is 5.32 Å². The second-order valence-electron chi connectivity index (χ2n) is 5.10. The van der Waals surface area contributed by atoms with Gasteiger partial charge in [-0.15, -0.1) is 0 Å². The SMILES string of the molecule is C=CCOc1ccccc1C=C1SC(=Nc2ccc(Br)cc2)NC1=O. The molecule has 0 spiro atoms. The molecule has 1 fully saturated rings. The van der Waals surface area contributed by atoms with E-state index in [0.29, 0.717) is 22.4 Å². The van der Waals surface area contributed by atoms with E-state index in [2.05, 4.69) is 32.8 Å². The third kappa shape index (κ3) is 4.61. The van der Waals surface area contributed by atoms with E-state index in [1.54, 1.807) is 6.08 Å². The Morgan fingerprint density at radius 1 is 1.20 bits per heavy atom. The third-order valence-electron chi connectivity index (χ3n) is 3.27. The molecule has 1 saturated heterocycles. The van der Waals surface area contributed by atoms with Crippen LogP contribution in [0.25, 0.3) is 6.08 Å². The lowest BCUT2D eigenvalue weighted by Gasteiger charge is -2.06. The standard InChI is InChI=1S/C19H15BrN2O2S/c1-2-11-24-16-6-4-3-5-13(16)12-17-18(23)22-19(25-17)21-15-9-7-14(20)8-10-15/h2-10,12H,1,11H2,(H,21,22,23). The molecule has 25 heavy (non-hydrogen) atoms. The number of hydrogen-bond acceptors (Lipinski definition) is 4. The molecule has 1 aliphatic rings. The molecule has 0 aliphatic carbocycles. The van der Waals surface area contributed by atoms with E-state index in [0.717, 1.165) is 15.7 Å². The molecule has 1 heterocycles. The van der Waals surface area contributed by atoms with Gasteiger partial charge in [0.25, 0.3) is 5.91 Å². The van der Waals surface area contributed by atoms with Crippen LogP contribution in [0.1, 0.15) is 5.56 Å². The summed E-state index contributed by atoms with van der Waals surface area (Å²) in [7, 11) is 0. The first-order chi connectivity index (χ1) is 12.2. The van der Waals surface area contributed by atoms with Crippen molar-refractivity contribution in [2.45, 2.75) is 0 Å². The van der Waals surface area contributed by atoms with Crippen LogP contribution in [0.5, 0.6) is 5.75 Å². The Bertz CT molecular complexity index is 860. The Hall–Kier alpha value is -2.31. The Morgan fingerprint density at radius 2 is 1.96 bits per heavy atom. The minimum absolute atomic E-state index is 0.167. The zero-order valence-corrected chi connectivity index (χ0v) is 15.6. The molecule has 0 saturated carbocycles. The van der Waals surface area contributed by atoms with Crippen LogP contribution in [0.15, 0.2) is 75.6 Å². The number of rotatable bonds is 5. The zero-order valence-electron chi connectivity index (χ0n) is 13.2. The van der Waals surface area contributed by atoms with Gasteiger partial charge in [0.05, 0.1) is 10.6 Å². The van der Waals surface area contributed by atoms with Crippen LogP contribution in [0.4, 0.5) is 5.69 Å². The highest BCUT2D eigenvalue weighted by Gasteiger charge is 2.24. The molecule has 0 bridgehead atoms. The van der Waals surface area contributed by atoms with E-state index in [-0.39, 0.29) is 5.91 Å². The molecular weight excluding hydrogens is 400 g/mol. The quantitative estimate of drug-likeness (QED) is 0.558. The first-order valence-electron chi connectivity index (χ1n) is 7.53. The highest BCUT2D eigenvalue weighted by molar-refractivity contribution is 9.10. The monoisotopic (exact) mass is 414 g/mol. The molecule has 0 radical (unpaired) electrons. The summed E-state index contributed by atoms with van der Waals surface area (Å²) in [5.41, 5.74) is 1.62. The summed E-state index contributed by atoms with van der Waals surface area (Å²) in [6, 6.07) is 15.1. The third-order valence-corrected chi connectivity index (χ3v) is 4.71. The number of nitrogens with one attached hydrogen (secondary N) is 1. The predicted octanol–water partition coefficient (Wildman–Crippen LogP) is 4.91. The molecule has 0 atom stereocenters. The maximum atomic E-state index is 12.2. The molecule has 1 N–H and O–H groups in total. The number of aliphatic imine (C=N–C) groups is 1. The Labute approximate surface area is 158 Å². The molecule has 126 valence electrons. The van der Waals surface area contributed by atoms with Gasteiger partial charge in [0, 0.05) is 10.0 Å². The number of amidine groups is 1. The average molecular weight is 415 g/mol. The summed E-state index contributed by atoms with van der Waals surface area (Å²) in [4.78, 5) is 17.2. The highest BCUT2D eigenvalue weighted by Crippen LogP contribution is 2.30. The van der Waals surface area contributed by atoms with E-state index < -0.39 is 0 Å². The summed E-state index contributed by atoms with van der Waals surface area (Å²) >= 11 is 4.70. The maximum Gasteiger partial charge on any atom is 0.264 e. The Balaban J connectivity index is 1.82. The van der Waals surface area contributed by atoms with Crippen LogP contribution in [-0.4, -0.2) is 17.7 Å². The van der Waals surface area contributed by atoms with Crippen molar-refractivity contribution in [2.24, 2.45) is 4.99 Å². The lowest BCUT2D eigenvalue weighted by atomic mass is 10.2. The number of hydrogen-bond donors (Lipinski definition) is 1. The summed E-state index contributed by atoms with van der Waals surface area (Å²) in [6.07, 6.45) is 3.49. The summed E-state index contributed by atoms with van der Waals surface area (Å²) in [6.45, 7) is 4.06. The van der Waals surface area contributed by atoms with Crippen molar-refractivity contribution >= 4 is 50.5 Å². The number of para-hydroxylation sites is 1. The number of thioether (sulfide) groups is 1. The number of carbonyl (C=O) groups excluding carboxylic acids is 1. The van der Waals surface area contributed by atoms with Gasteiger partial charge in [-0.1, -0.05) is 46.8 Å². The van der Waals surface area contributed by atoms with Crippen molar-refractivity contribution < 1.29 is 9.53 Å².